The summed E-state index contributed by atoms with van der Waals surface area (Å²) in [6, 6.07) is 12.7. The molecule has 0 spiro atoms. The molecule has 24 heavy (non-hydrogen) atoms. The van der Waals surface area contributed by atoms with Crippen LogP contribution in [0.25, 0.3) is 0 Å². The highest BCUT2D eigenvalue weighted by Gasteiger charge is 2.14. The number of hydrogen-bond acceptors (Lipinski definition) is 3. The summed E-state index contributed by atoms with van der Waals surface area (Å²) in [7, 11) is 1.61. The summed E-state index contributed by atoms with van der Waals surface area (Å²) in [6.45, 7) is 4.87. The molecule has 0 saturated carbocycles. The van der Waals surface area contributed by atoms with E-state index >= 15 is 0 Å². The van der Waals surface area contributed by atoms with E-state index in [1.165, 1.54) is 0 Å². The molecule has 0 unspecified atom stereocenters. The van der Waals surface area contributed by atoms with Crippen molar-refractivity contribution in [2.75, 3.05) is 19.0 Å². The second kappa shape index (κ2) is 8.73. The monoisotopic (exact) mass is 391 g/mol. The quantitative estimate of drug-likeness (QED) is 0.710. The zero-order valence-corrected chi connectivity index (χ0v) is 15.7. The summed E-state index contributed by atoms with van der Waals surface area (Å²) in [5.41, 5.74) is 1.21. The predicted octanol–water partition coefficient (Wildman–Crippen LogP) is 5.13. The Morgan fingerprint density at radius 1 is 1.17 bits per heavy atom. The Hall–Kier alpha value is -2.01. The maximum Gasteiger partial charge on any atom is 0.259 e. The second-order valence-electron chi connectivity index (χ2n) is 5.85. The SMILES string of the molecule is COc1ccc(NC(=O)c2cc(Br)ccc2OCCC(C)C)cc1. The molecule has 1 amide bonds. The first-order valence-corrected chi connectivity index (χ1v) is 8.66. The maximum atomic E-state index is 12.6. The van der Waals surface area contributed by atoms with E-state index in [0.29, 0.717) is 29.5 Å². The average molecular weight is 392 g/mol. The van der Waals surface area contributed by atoms with Crippen LogP contribution in [-0.2, 0) is 0 Å². The summed E-state index contributed by atoms with van der Waals surface area (Å²) in [5, 5.41) is 2.88. The van der Waals surface area contributed by atoms with Gasteiger partial charge in [-0.15, -0.1) is 0 Å². The highest BCUT2D eigenvalue weighted by Crippen LogP contribution is 2.25. The molecule has 0 fully saturated rings. The number of benzene rings is 2. The second-order valence-corrected chi connectivity index (χ2v) is 6.77. The van der Waals surface area contributed by atoms with Gasteiger partial charge in [0, 0.05) is 10.2 Å². The van der Waals surface area contributed by atoms with Crippen LogP contribution in [0.2, 0.25) is 0 Å². The Labute approximate surface area is 151 Å². The molecule has 1 N–H and O–H groups in total. The van der Waals surface area contributed by atoms with Gasteiger partial charge in [-0.2, -0.15) is 0 Å². The van der Waals surface area contributed by atoms with Crippen LogP contribution in [0.1, 0.15) is 30.6 Å². The first-order chi connectivity index (χ1) is 11.5. The summed E-state index contributed by atoms with van der Waals surface area (Å²) in [4.78, 5) is 12.6. The van der Waals surface area contributed by atoms with Crippen molar-refractivity contribution in [1.82, 2.24) is 0 Å². The number of carbonyl (C=O) groups is 1. The number of anilines is 1. The highest BCUT2D eigenvalue weighted by atomic mass is 79.9. The minimum Gasteiger partial charge on any atom is -0.497 e. The van der Waals surface area contributed by atoms with Gasteiger partial charge in [-0.05, 0) is 54.8 Å². The predicted molar refractivity (Wildman–Crippen MR) is 100 cm³/mol. The van der Waals surface area contributed by atoms with E-state index in [9.17, 15) is 4.79 Å². The highest BCUT2D eigenvalue weighted by molar-refractivity contribution is 9.10. The fraction of sp³-hybridized carbons (Fsp3) is 0.316. The molecule has 0 aliphatic heterocycles. The van der Waals surface area contributed by atoms with Gasteiger partial charge < -0.3 is 14.8 Å². The van der Waals surface area contributed by atoms with Gasteiger partial charge in [-0.25, -0.2) is 0 Å². The van der Waals surface area contributed by atoms with E-state index in [4.69, 9.17) is 9.47 Å². The number of halogens is 1. The Kier molecular flexibility index (Phi) is 6.67. The summed E-state index contributed by atoms with van der Waals surface area (Å²) < 4.78 is 11.7. The zero-order chi connectivity index (χ0) is 17.5. The van der Waals surface area contributed by atoms with Crippen LogP contribution in [-0.4, -0.2) is 19.6 Å². The number of rotatable bonds is 7. The lowest BCUT2D eigenvalue weighted by Crippen LogP contribution is -2.14. The molecule has 2 aromatic carbocycles. The number of hydrogen-bond donors (Lipinski definition) is 1. The van der Waals surface area contributed by atoms with Crippen molar-refractivity contribution >= 4 is 27.5 Å². The Morgan fingerprint density at radius 2 is 1.88 bits per heavy atom. The van der Waals surface area contributed by atoms with Crippen LogP contribution in [0.3, 0.4) is 0 Å². The van der Waals surface area contributed by atoms with Crippen molar-refractivity contribution in [1.29, 1.82) is 0 Å². The van der Waals surface area contributed by atoms with Gasteiger partial charge in [-0.3, -0.25) is 4.79 Å². The van der Waals surface area contributed by atoms with Crippen molar-refractivity contribution in [3.63, 3.8) is 0 Å². The molecule has 0 aliphatic rings. The summed E-state index contributed by atoms with van der Waals surface area (Å²) in [5.74, 6) is 1.68. The Balaban J connectivity index is 2.12. The molecule has 0 radical (unpaired) electrons. The molecule has 5 heteroatoms. The van der Waals surface area contributed by atoms with Gasteiger partial charge in [-0.1, -0.05) is 29.8 Å². The van der Waals surface area contributed by atoms with Gasteiger partial charge in [0.15, 0.2) is 0 Å². The van der Waals surface area contributed by atoms with Crippen LogP contribution < -0.4 is 14.8 Å². The molecule has 0 aromatic heterocycles. The molecule has 0 saturated heterocycles. The topological polar surface area (TPSA) is 47.6 Å². The molecule has 0 heterocycles. The van der Waals surface area contributed by atoms with Crippen molar-refractivity contribution in [3.05, 3.63) is 52.5 Å². The van der Waals surface area contributed by atoms with Gasteiger partial charge in [0.1, 0.15) is 11.5 Å². The molecule has 2 rings (SSSR count). The van der Waals surface area contributed by atoms with E-state index in [1.807, 2.05) is 12.1 Å². The summed E-state index contributed by atoms with van der Waals surface area (Å²) >= 11 is 3.41. The largest absolute Gasteiger partial charge is 0.497 e. The lowest BCUT2D eigenvalue weighted by atomic mass is 10.1. The molecular weight excluding hydrogens is 370 g/mol. The lowest BCUT2D eigenvalue weighted by molar-refractivity contribution is 0.102. The fourth-order valence-electron chi connectivity index (χ4n) is 2.08. The third-order valence-electron chi connectivity index (χ3n) is 3.49. The van der Waals surface area contributed by atoms with E-state index in [2.05, 4.69) is 35.1 Å². The number of ether oxygens (including phenoxy) is 2. The minimum absolute atomic E-state index is 0.207. The van der Waals surface area contributed by atoms with Gasteiger partial charge in [0.2, 0.25) is 0 Å². The van der Waals surface area contributed by atoms with Crippen molar-refractivity contribution in [2.24, 2.45) is 5.92 Å². The van der Waals surface area contributed by atoms with Gasteiger partial charge in [0.05, 0.1) is 19.3 Å². The van der Waals surface area contributed by atoms with E-state index in [1.54, 1.807) is 37.4 Å². The normalized spacial score (nSPS) is 10.5. The number of methoxy groups -OCH3 is 1. The lowest BCUT2D eigenvalue weighted by Gasteiger charge is -2.13. The van der Waals surface area contributed by atoms with Crippen LogP contribution in [0, 0.1) is 5.92 Å². The molecule has 4 nitrogen and oxygen atoms in total. The Morgan fingerprint density at radius 3 is 2.50 bits per heavy atom. The van der Waals surface area contributed by atoms with Crippen molar-refractivity contribution in [2.45, 2.75) is 20.3 Å². The minimum atomic E-state index is -0.207. The van der Waals surface area contributed by atoms with Crippen LogP contribution in [0.5, 0.6) is 11.5 Å². The molecule has 128 valence electrons. The smallest absolute Gasteiger partial charge is 0.259 e. The fourth-order valence-corrected chi connectivity index (χ4v) is 2.44. The number of amides is 1. The first kappa shape index (κ1) is 18.3. The average Bonchev–Trinajstić information content (AvgIpc) is 2.56. The van der Waals surface area contributed by atoms with E-state index in [-0.39, 0.29) is 5.91 Å². The maximum absolute atomic E-state index is 12.6. The van der Waals surface area contributed by atoms with E-state index < -0.39 is 0 Å². The third-order valence-corrected chi connectivity index (χ3v) is 3.98. The van der Waals surface area contributed by atoms with Crippen molar-refractivity contribution < 1.29 is 14.3 Å². The molecule has 0 aliphatic carbocycles. The third kappa shape index (κ3) is 5.27. The number of nitrogens with one attached hydrogen (secondary N) is 1. The first-order valence-electron chi connectivity index (χ1n) is 7.87. The van der Waals surface area contributed by atoms with E-state index in [0.717, 1.165) is 16.6 Å². The Bertz CT molecular complexity index is 684. The van der Waals surface area contributed by atoms with Crippen LogP contribution in [0.15, 0.2) is 46.9 Å². The molecular formula is C19H22BrNO3. The van der Waals surface area contributed by atoms with Crippen LogP contribution >= 0.6 is 15.9 Å². The summed E-state index contributed by atoms with van der Waals surface area (Å²) in [6.07, 6.45) is 0.940. The van der Waals surface area contributed by atoms with Gasteiger partial charge in [0.25, 0.3) is 5.91 Å². The molecule has 2 aromatic rings. The molecule has 0 bridgehead atoms. The van der Waals surface area contributed by atoms with Crippen molar-refractivity contribution in [3.8, 4) is 11.5 Å². The van der Waals surface area contributed by atoms with Gasteiger partial charge >= 0.3 is 0 Å². The standard InChI is InChI=1S/C19H22BrNO3/c1-13(2)10-11-24-18-9-4-14(20)12-17(18)19(22)21-15-5-7-16(23-3)8-6-15/h4-9,12-13H,10-11H2,1-3H3,(H,21,22). The molecule has 0 atom stereocenters. The van der Waals surface area contributed by atoms with Crippen LogP contribution in [0.4, 0.5) is 5.69 Å². The number of carbonyl (C=O) groups excluding carboxylic acids is 1. The zero-order valence-electron chi connectivity index (χ0n) is 14.1.